The fourth-order valence-electron chi connectivity index (χ4n) is 3.17. The Morgan fingerprint density at radius 2 is 2.00 bits per heavy atom. The van der Waals surface area contributed by atoms with E-state index in [0.29, 0.717) is 5.56 Å². The van der Waals surface area contributed by atoms with Crippen LogP contribution >= 0.6 is 11.6 Å². The molecule has 1 amide bonds. The fourth-order valence-corrected chi connectivity index (χ4v) is 3.58. The number of alkyl halides is 1. The average Bonchev–Trinajstić information content (AvgIpc) is 2.61. The number of H-pyrrole nitrogens is 1. The number of carbonyl (C=O) groups excluding carboxylic acids is 1. The number of pyridine rings is 1. The average molecular weight is 267 g/mol. The number of nitrogens with one attached hydrogen (secondary N) is 1. The first-order chi connectivity index (χ1) is 8.65. The van der Waals surface area contributed by atoms with Crippen LogP contribution < -0.4 is 5.56 Å². The molecule has 1 aromatic heterocycles. The SMILES string of the molecule is O=C(c1cc[nH]c(=O)c1)N1C2CCC1CC(Cl)C2. The summed E-state index contributed by atoms with van der Waals surface area (Å²) in [6.07, 6.45) is 5.32. The molecule has 4 nitrogen and oxygen atoms in total. The van der Waals surface area contributed by atoms with Crippen LogP contribution in [0.2, 0.25) is 0 Å². The van der Waals surface area contributed by atoms with Gasteiger partial charge < -0.3 is 9.88 Å². The summed E-state index contributed by atoms with van der Waals surface area (Å²) in [7, 11) is 0. The van der Waals surface area contributed by atoms with Crippen LogP contribution in [0.4, 0.5) is 0 Å². The van der Waals surface area contributed by atoms with Gasteiger partial charge in [0, 0.05) is 35.3 Å². The van der Waals surface area contributed by atoms with Crippen molar-refractivity contribution in [1.82, 2.24) is 9.88 Å². The summed E-state index contributed by atoms with van der Waals surface area (Å²) in [5.74, 6) is -0.0304. The monoisotopic (exact) mass is 266 g/mol. The van der Waals surface area contributed by atoms with Gasteiger partial charge in [-0.15, -0.1) is 11.6 Å². The van der Waals surface area contributed by atoms with Crippen molar-refractivity contribution < 1.29 is 4.79 Å². The Morgan fingerprint density at radius 3 is 2.61 bits per heavy atom. The van der Waals surface area contributed by atoms with E-state index in [9.17, 15) is 9.59 Å². The maximum atomic E-state index is 12.4. The molecular formula is C13H15ClN2O2. The number of amides is 1. The molecule has 0 spiro atoms. The Labute approximate surface area is 110 Å². The minimum Gasteiger partial charge on any atom is -0.333 e. The standard InChI is InChI=1S/C13H15ClN2O2/c14-9-6-10-1-2-11(7-9)16(10)13(18)8-3-4-15-12(17)5-8/h3-5,9-11H,1-2,6-7H2,(H,15,17). The molecule has 0 radical (unpaired) electrons. The van der Waals surface area contributed by atoms with Gasteiger partial charge in [0.15, 0.2) is 0 Å². The van der Waals surface area contributed by atoms with Gasteiger partial charge >= 0.3 is 0 Å². The molecule has 2 aliphatic heterocycles. The van der Waals surface area contributed by atoms with E-state index in [1.54, 1.807) is 6.07 Å². The van der Waals surface area contributed by atoms with Crippen molar-refractivity contribution in [2.45, 2.75) is 43.1 Å². The van der Waals surface area contributed by atoms with Crippen LogP contribution in [0.15, 0.2) is 23.1 Å². The summed E-state index contributed by atoms with van der Waals surface area (Å²) in [5.41, 5.74) is 0.240. The molecule has 1 aromatic rings. The van der Waals surface area contributed by atoms with E-state index >= 15 is 0 Å². The molecule has 2 atom stereocenters. The van der Waals surface area contributed by atoms with E-state index in [0.717, 1.165) is 25.7 Å². The second-order valence-electron chi connectivity index (χ2n) is 5.11. The van der Waals surface area contributed by atoms with Gasteiger partial charge in [-0.25, -0.2) is 0 Å². The van der Waals surface area contributed by atoms with Gasteiger partial charge in [0.1, 0.15) is 0 Å². The number of aromatic nitrogens is 1. The molecule has 2 aliphatic rings. The number of hydrogen-bond donors (Lipinski definition) is 1. The third-order valence-electron chi connectivity index (χ3n) is 3.93. The zero-order valence-electron chi connectivity index (χ0n) is 9.93. The summed E-state index contributed by atoms with van der Waals surface area (Å²) in [6, 6.07) is 3.53. The Hall–Kier alpha value is -1.29. The van der Waals surface area contributed by atoms with Gasteiger partial charge in [-0.1, -0.05) is 0 Å². The smallest absolute Gasteiger partial charge is 0.254 e. The van der Waals surface area contributed by atoms with Crippen molar-refractivity contribution in [2.24, 2.45) is 0 Å². The number of rotatable bonds is 1. The van der Waals surface area contributed by atoms with Crippen LogP contribution in [0.5, 0.6) is 0 Å². The third kappa shape index (κ3) is 1.94. The van der Waals surface area contributed by atoms with Crippen molar-refractivity contribution in [3.05, 3.63) is 34.2 Å². The molecule has 2 fully saturated rings. The van der Waals surface area contributed by atoms with E-state index in [2.05, 4.69) is 4.98 Å². The molecule has 3 heterocycles. The topological polar surface area (TPSA) is 53.2 Å². The maximum absolute atomic E-state index is 12.4. The highest BCUT2D eigenvalue weighted by Crippen LogP contribution is 2.38. The third-order valence-corrected chi connectivity index (χ3v) is 4.29. The lowest BCUT2D eigenvalue weighted by atomic mass is 10.0. The van der Waals surface area contributed by atoms with Crippen molar-refractivity contribution in [2.75, 3.05) is 0 Å². The predicted molar refractivity (Wildman–Crippen MR) is 68.9 cm³/mol. The molecule has 2 unspecified atom stereocenters. The first-order valence-electron chi connectivity index (χ1n) is 6.30. The summed E-state index contributed by atoms with van der Waals surface area (Å²) in [5, 5.41) is 0.186. The molecule has 2 saturated heterocycles. The number of carbonyl (C=O) groups is 1. The number of fused-ring (bicyclic) bond motifs is 2. The molecule has 1 N–H and O–H groups in total. The lowest BCUT2D eigenvalue weighted by Gasteiger charge is -2.37. The second kappa shape index (κ2) is 4.43. The summed E-state index contributed by atoms with van der Waals surface area (Å²) < 4.78 is 0. The summed E-state index contributed by atoms with van der Waals surface area (Å²) >= 11 is 6.19. The molecule has 0 aliphatic carbocycles. The highest BCUT2D eigenvalue weighted by atomic mass is 35.5. The molecular weight excluding hydrogens is 252 g/mol. The van der Waals surface area contributed by atoms with Crippen molar-refractivity contribution in [3.8, 4) is 0 Å². The minimum atomic E-state index is -0.236. The van der Waals surface area contributed by atoms with Crippen LogP contribution in [-0.4, -0.2) is 33.3 Å². The van der Waals surface area contributed by atoms with Gasteiger partial charge in [-0.05, 0) is 31.7 Å². The van der Waals surface area contributed by atoms with Gasteiger partial charge in [0.05, 0.1) is 0 Å². The molecule has 96 valence electrons. The lowest BCUT2D eigenvalue weighted by Crippen LogP contribution is -2.47. The van der Waals surface area contributed by atoms with Crippen LogP contribution in [-0.2, 0) is 0 Å². The van der Waals surface area contributed by atoms with Crippen LogP contribution in [0, 0.1) is 0 Å². The quantitative estimate of drug-likeness (QED) is 0.788. The van der Waals surface area contributed by atoms with E-state index < -0.39 is 0 Å². The van der Waals surface area contributed by atoms with E-state index in [1.165, 1.54) is 12.3 Å². The second-order valence-corrected chi connectivity index (χ2v) is 5.72. The summed E-state index contributed by atoms with van der Waals surface area (Å²) in [4.78, 5) is 28.2. The molecule has 0 saturated carbocycles. The Balaban J connectivity index is 1.88. The van der Waals surface area contributed by atoms with Crippen molar-refractivity contribution >= 4 is 17.5 Å². The zero-order chi connectivity index (χ0) is 12.7. The van der Waals surface area contributed by atoms with Crippen molar-refractivity contribution in [3.63, 3.8) is 0 Å². The van der Waals surface area contributed by atoms with E-state index in [1.807, 2.05) is 4.90 Å². The van der Waals surface area contributed by atoms with Crippen LogP contribution in [0.25, 0.3) is 0 Å². The molecule has 0 aromatic carbocycles. The Kier molecular flexibility index (Phi) is 2.90. The Bertz CT molecular complexity index is 514. The number of hydrogen-bond acceptors (Lipinski definition) is 2. The normalized spacial score (nSPS) is 30.5. The predicted octanol–water partition coefficient (Wildman–Crippen LogP) is 1.75. The van der Waals surface area contributed by atoms with Gasteiger partial charge in [0.25, 0.3) is 5.91 Å². The fraction of sp³-hybridized carbons (Fsp3) is 0.538. The van der Waals surface area contributed by atoms with E-state index in [-0.39, 0.29) is 28.9 Å². The molecule has 18 heavy (non-hydrogen) atoms. The number of piperidine rings is 1. The maximum Gasteiger partial charge on any atom is 0.254 e. The van der Waals surface area contributed by atoms with Gasteiger partial charge in [-0.3, -0.25) is 9.59 Å². The molecule has 5 heteroatoms. The Morgan fingerprint density at radius 1 is 1.33 bits per heavy atom. The van der Waals surface area contributed by atoms with Crippen molar-refractivity contribution in [1.29, 1.82) is 0 Å². The highest BCUT2D eigenvalue weighted by Gasteiger charge is 2.42. The molecule has 2 bridgehead atoms. The highest BCUT2D eigenvalue weighted by molar-refractivity contribution is 6.20. The zero-order valence-corrected chi connectivity index (χ0v) is 10.7. The van der Waals surface area contributed by atoms with Crippen LogP contribution in [0.1, 0.15) is 36.0 Å². The number of aromatic amines is 1. The van der Waals surface area contributed by atoms with Crippen LogP contribution in [0.3, 0.4) is 0 Å². The van der Waals surface area contributed by atoms with Gasteiger partial charge in [0.2, 0.25) is 5.56 Å². The first-order valence-corrected chi connectivity index (χ1v) is 6.74. The summed E-state index contributed by atoms with van der Waals surface area (Å²) in [6.45, 7) is 0. The molecule has 3 rings (SSSR count). The number of halogens is 1. The number of nitrogens with zero attached hydrogens (tertiary/aromatic N) is 1. The minimum absolute atomic E-state index is 0.0304. The first kappa shape index (κ1) is 11.8. The largest absolute Gasteiger partial charge is 0.333 e. The van der Waals surface area contributed by atoms with Gasteiger partial charge in [-0.2, -0.15) is 0 Å². The lowest BCUT2D eigenvalue weighted by molar-refractivity contribution is 0.0599. The van der Waals surface area contributed by atoms with E-state index in [4.69, 9.17) is 11.6 Å².